The lowest BCUT2D eigenvalue weighted by atomic mass is 10.1. The van der Waals surface area contributed by atoms with Crippen molar-refractivity contribution in [3.63, 3.8) is 0 Å². The van der Waals surface area contributed by atoms with Gasteiger partial charge < -0.3 is 15.8 Å². The molecule has 7 heteroatoms. The van der Waals surface area contributed by atoms with E-state index in [1.807, 2.05) is 0 Å². The minimum Gasteiger partial charge on any atom is -0.481 e. The van der Waals surface area contributed by atoms with Crippen LogP contribution < -0.4 is 11.2 Å². The molecule has 0 atom stereocenters. The number of aromatic amines is 1. The second-order valence-corrected chi connectivity index (χ2v) is 3.12. The Bertz CT molecular complexity index is 457. The van der Waals surface area contributed by atoms with E-state index in [2.05, 4.69) is 4.98 Å². The molecule has 4 N–H and O–H groups in total. The standard InChI is InChI=1S/C9H10F2N2O3/c10-9(11)5-2-7(14)4(1-8(15)16)6(3-12)13-5/h2,9H,1,3,12H2,(H,13,14)(H,15,16). The Labute approximate surface area is 88.9 Å². The van der Waals surface area contributed by atoms with Crippen LogP contribution in [-0.2, 0) is 17.8 Å². The fourth-order valence-electron chi connectivity index (χ4n) is 1.30. The number of carboxylic acids is 1. The highest BCUT2D eigenvalue weighted by Gasteiger charge is 2.15. The molecule has 0 aliphatic heterocycles. The molecule has 1 aromatic heterocycles. The first-order chi connectivity index (χ1) is 7.45. The Morgan fingerprint density at radius 2 is 2.19 bits per heavy atom. The Balaban J connectivity index is 3.28. The Morgan fingerprint density at radius 3 is 2.62 bits per heavy atom. The molecule has 16 heavy (non-hydrogen) atoms. The van der Waals surface area contributed by atoms with Crippen LogP contribution in [-0.4, -0.2) is 16.1 Å². The van der Waals surface area contributed by atoms with Gasteiger partial charge in [0.25, 0.3) is 6.43 Å². The van der Waals surface area contributed by atoms with Gasteiger partial charge in [0.2, 0.25) is 0 Å². The monoisotopic (exact) mass is 232 g/mol. The number of alkyl halides is 2. The van der Waals surface area contributed by atoms with E-state index in [0.29, 0.717) is 6.07 Å². The molecule has 0 saturated carbocycles. The molecular weight excluding hydrogens is 222 g/mol. The van der Waals surface area contributed by atoms with Crippen LogP contribution in [0.15, 0.2) is 10.9 Å². The lowest BCUT2D eigenvalue weighted by Crippen LogP contribution is -2.20. The van der Waals surface area contributed by atoms with Crippen LogP contribution in [0, 0.1) is 0 Å². The molecule has 0 saturated heterocycles. The summed E-state index contributed by atoms with van der Waals surface area (Å²) in [6.45, 7) is -0.196. The molecule has 0 unspecified atom stereocenters. The number of aliphatic carboxylic acids is 1. The van der Waals surface area contributed by atoms with Gasteiger partial charge in [0.1, 0.15) is 0 Å². The SMILES string of the molecule is NCc1[nH]c(C(F)F)cc(=O)c1CC(=O)O. The van der Waals surface area contributed by atoms with Gasteiger partial charge in [-0.1, -0.05) is 0 Å². The minimum absolute atomic E-state index is 0.0326. The molecule has 0 aliphatic rings. The van der Waals surface area contributed by atoms with Crippen LogP contribution in [0.3, 0.4) is 0 Å². The highest BCUT2D eigenvalue weighted by atomic mass is 19.3. The highest BCUT2D eigenvalue weighted by molar-refractivity contribution is 5.70. The van der Waals surface area contributed by atoms with Crippen molar-refractivity contribution >= 4 is 5.97 Å². The van der Waals surface area contributed by atoms with Gasteiger partial charge in [0, 0.05) is 23.9 Å². The molecule has 1 aromatic rings. The van der Waals surface area contributed by atoms with Gasteiger partial charge in [-0.2, -0.15) is 0 Å². The van der Waals surface area contributed by atoms with Crippen molar-refractivity contribution < 1.29 is 18.7 Å². The van der Waals surface area contributed by atoms with E-state index in [1.54, 1.807) is 0 Å². The van der Waals surface area contributed by atoms with Crippen LogP contribution in [0.2, 0.25) is 0 Å². The zero-order chi connectivity index (χ0) is 12.3. The summed E-state index contributed by atoms with van der Waals surface area (Å²) in [6, 6.07) is 0.697. The van der Waals surface area contributed by atoms with Crippen LogP contribution in [0.5, 0.6) is 0 Å². The number of carboxylic acid groups (broad SMARTS) is 1. The summed E-state index contributed by atoms with van der Waals surface area (Å²) in [4.78, 5) is 24.1. The van der Waals surface area contributed by atoms with Crippen molar-refractivity contribution in [2.24, 2.45) is 5.73 Å². The number of rotatable bonds is 4. The highest BCUT2D eigenvalue weighted by Crippen LogP contribution is 2.16. The van der Waals surface area contributed by atoms with Gasteiger partial charge in [-0.05, 0) is 0 Å². The molecule has 0 aliphatic carbocycles. The summed E-state index contributed by atoms with van der Waals surface area (Å²) < 4.78 is 24.7. The second-order valence-electron chi connectivity index (χ2n) is 3.12. The molecular formula is C9H10F2N2O3. The fourth-order valence-corrected chi connectivity index (χ4v) is 1.30. The molecule has 5 nitrogen and oxygen atoms in total. The number of hydrogen-bond donors (Lipinski definition) is 3. The number of halogens is 2. The second kappa shape index (κ2) is 4.84. The summed E-state index contributed by atoms with van der Waals surface area (Å²) >= 11 is 0. The maximum atomic E-state index is 12.3. The average Bonchev–Trinajstić information content (AvgIpc) is 2.19. The topological polar surface area (TPSA) is 96.2 Å². The zero-order valence-corrected chi connectivity index (χ0v) is 8.17. The average molecular weight is 232 g/mol. The van der Waals surface area contributed by atoms with Gasteiger partial charge in [0.15, 0.2) is 5.43 Å². The molecule has 1 rings (SSSR count). The molecule has 1 heterocycles. The van der Waals surface area contributed by atoms with Gasteiger partial charge >= 0.3 is 5.97 Å². The number of aromatic nitrogens is 1. The number of H-pyrrole nitrogens is 1. The van der Waals surface area contributed by atoms with Gasteiger partial charge in [-0.3, -0.25) is 9.59 Å². The molecule has 0 spiro atoms. The van der Waals surface area contributed by atoms with Crippen molar-refractivity contribution in [3.05, 3.63) is 33.2 Å². The number of hydrogen-bond acceptors (Lipinski definition) is 3. The third kappa shape index (κ3) is 2.63. The van der Waals surface area contributed by atoms with Crippen molar-refractivity contribution in [2.75, 3.05) is 0 Å². The summed E-state index contributed by atoms with van der Waals surface area (Å²) in [6.07, 6.45) is -3.36. The Hall–Kier alpha value is -1.76. The largest absolute Gasteiger partial charge is 0.481 e. The van der Waals surface area contributed by atoms with Crippen molar-refractivity contribution in [2.45, 2.75) is 19.4 Å². The van der Waals surface area contributed by atoms with Crippen LogP contribution in [0.4, 0.5) is 8.78 Å². The van der Waals surface area contributed by atoms with Crippen LogP contribution in [0.1, 0.15) is 23.4 Å². The van der Waals surface area contributed by atoms with Gasteiger partial charge in [-0.15, -0.1) is 0 Å². The first-order valence-corrected chi connectivity index (χ1v) is 4.40. The predicted molar refractivity (Wildman–Crippen MR) is 51.3 cm³/mol. The van der Waals surface area contributed by atoms with Crippen molar-refractivity contribution in [1.29, 1.82) is 0 Å². The van der Waals surface area contributed by atoms with Crippen LogP contribution in [0.25, 0.3) is 0 Å². The molecule has 0 amide bonds. The summed E-state index contributed by atoms with van der Waals surface area (Å²) in [5.74, 6) is -1.22. The molecule has 0 bridgehead atoms. The maximum absolute atomic E-state index is 12.3. The lowest BCUT2D eigenvalue weighted by molar-refractivity contribution is -0.136. The summed E-state index contributed by atoms with van der Waals surface area (Å²) in [5.41, 5.74) is 3.91. The zero-order valence-electron chi connectivity index (χ0n) is 8.17. The maximum Gasteiger partial charge on any atom is 0.308 e. The van der Waals surface area contributed by atoms with E-state index in [-0.39, 0.29) is 17.8 Å². The van der Waals surface area contributed by atoms with Crippen molar-refractivity contribution in [3.8, 4) is 0 Å². The Kier molecular flexibility index (Phi) is 3.73. The van der Waals surface area contributed by atoms with Crippen molar-refractivity contribution in [1.82, 2.24) is 4.98 Å². The number of pyridine rings is 1. The first-order valence-electron chi connectivity index (χ1n) is 4.40. The van der Waals surface area contributed by atoms with Gasteiger partial charge in [0.05, 0.1) is 12.1 Å². The minimum atomic E-state index is -2.82. The third-order valence-corrected chi connectivity index (χ3v) is 2.01. The number of nitrogens with two attached hydrogens (primary N) is 1. The Morgan fingerprint density at radius 1 is 1.56 bits per heavy atom. The predicted octanol–water partition coefficient (Wildman–Crippen LogP) is 0.398. The van der Waals surface area contributed by atoms with E-state index in [9.17, 15) is 18.4 Å². The lowest BCUT2D eigenvalue weighted by Gasteiger charge is -2.08. The molecule has 0 fully saturated rings. The molecule has 0 aromatic carbocycles. The van der Waals surface area contributed by atoms with E-state index in [0.717, 1.165) is 0 Å². The first kappa shape index (κ1) is 12.3. The van der Waals surface area contributed by atoms with E-state index in [4.69, 9.17) is 10.8 Å². The normalized spacial score (nSPS) is 10.8. The van der Waals surface area contributed by atoms with E-state index >= 15 is 0 Å². The number of nitrogens with one attached hydrogen (secondary N) is 1. The third-order valence-electron chi connectivity index (χ3n) is 2.01. The smallest absolute Gasteiger partial charge is 0.308 e. The van der Waals surface area contributed by atoms with E-state index in [1.165, 1.54) is 0 Å². The quantitative estimate of drug-likeness (QED) is 0.700. The fraction of sp³-hybridized carbons (Fsp3) is 0.333. The summed E-state index contributed by atoms with van der Waals surface area (Å²) in [5, 5.41) is 8.55. The molecule has 0 radical (unpaired) electrons. The summed E-state index contributed by atoms with van der Waals surface area (Å²) in [7, 11) is 0. The van der Waals surface area contributed by atoms with Gasteiger partial charge in [-0.25, -0.2) is 8.78 Å². The van der Waals surface area contributed by atoms with E-state index < -0.39 is 29.9 Å². The number of carbonyl (C=O) groups is 1. The van der Waals surface area contributed by atoms with Crippen LogP contribution >= 0.6 is 0 Å². The molecule has 88 valence electrons.